The van der Waals surface area contributed by atoms with Gasteiger partial charge in [-0.25, -0.2) is 0 Å². The summed E-state index contributed by atoms with van der Waals surface area (Å²) in [5.74, 6) is -0.656. The predicted molar refractivity (Wildman–Crippen MR) is 89.4 cm³/mol. The van der Waals surface area contributed by atoms with Gasteiger partial charge in [0.05, 0.1) is 20.8 Å². The highest BCUT2D eigenvalue weighted by molar-refractivity contribution is 9.10. The molecule has 2 heterocycles. The number of hydrogen-bond donors (Lipinski definition) is 3. The molecule has 1 aromatic heterocycles. The molecule has 1 aliphatic rings. The monoisotopic (exact) mass is 404 g/mol. The van der Waals surface area contributed by atoms with Crippen LogP contribution in [0.3, 0.4) is 0 Å². The van der Waals surface area contributed by atoms with E-state index in [2.05, 4.69) is 21.2 Å². The van der Waals surface area contributed by atoms with Crippen LogP contribution in [0.2, 0.25) is 5.02 Å². The fourth-order valence-corrected chi connectivity index (χ4v) is 4.45. The van der Waals surface area contributed by atoms with Crippen LogP contribution in [0.1, 0.15) is 10.9 Å². The van der Waals surface area contributed by atoms with Gasteiger partial charge >= 0.3 is 5.97 Å². The van der Waals surface area contributed by atoms with Crippen LogP contribution in [-0.2, 0) is 4.79 Å². The molecule has 1 aliphatic heterocycles. The zero-order valence-corrected chi connectivity index (χ0v) is 14.1. The minimum absolute atomic E-state index is 0.0310. The summed E-state index contributed by atoms with van der Waals surface area (Å²) < 4.78 is 6.07. The van der Waals surface area contributed by atoms with E-state index in [9.17, 15) is 9.59 Å². The maximum absolute atomic E-state index is 12.7. The fraction of sp³-hybridized carbons (Fsp3) is 0.231. The third kappa shape index (κ3) is 2.60. The second-order valence-corrected chi connectivity index (χ2v) is 7.17. The lowest BCUT2D eigenvalue weighted by Gasteiger charge is -2.13. The summed E-state index contributed by atoms with van der Waals surface area (Å²) in [5.41, 5.74) is 6.08. The number of rotatable bonds is 2. The number of aliphatic carboxylic acids is 1. The number of nitrogens with two attached hydrogens (primary N) is 1. The number of benzene rings is 1. The number of fused-ring (bicyclic) bond motifs is 1. The van der Waals surface area contributed by atoms with Gasteiger partial charge in [0.25, 0.3) is 0 Å². The van der Waals surface area contributed by atoms with Crippen LogP contribution >= 0.6 is 39.3 Å². The van der Waals surface area contributed by atoms with Crippen molar-refractivity contribution in [1.29, 1.82) is 0 Å². The van der Waals surface area contributed by atoms with Crippen LogP contribution in [0.5, 0.6) is 0 Å². The third-order valence-electron chi connectivity index (χ3n) is 3.32. The second-order valence-electron chi connectivity index (χ2n) is 4.74. The van der Waals surface area contributed by atoms with E-state index in [0.29, 0.717) is 26.2 Å². The van der Waals surface area contributed by atoms with E-state index in [1.165, 1.54) is 17.8 Å². The zero-order valence-electron chi connectivity index (χ0n) is 10.9. The summed E-state index contributed by atoms with van der Waals surface area (Å²) in [6.45, 7) is 0. The topological polar surface area (TPSA) is 106 Å². The first-order valence-electron chi connectivity index (χ1n) is 6.20. The van der Waals surface area contributed by atoms with Crippen molar-refractivity contribution in [3.8, 4) is 0 Å². The minimum atomic E-state index is -0.968. The van der Waals surface area contributed by atoms with Gasteiger partial charge in [0.2, 0.25) is 11.3 Å². The number of hydrogen-bond acceptors (Lipinski definition) is 6. The molecule has 0 amide bonds. The van der Waals surface area contributed by atoms with Crippen molar-refractivity contribution in [2.45, 2.75) is 11.4 Å². The van der Waals surface area contributed by atoms with Crippen molar-refractivity contribution in [2.75, 3.05) is 11.5 Å². The van der Waals surface area contributed by atoms with Gasteiger partial charge in [-0.15, -0.1) is 11.8 Å². The van der Waals surface area contributed by atoms with Gasteiger partial charge in [0.15, 0.2) is 5.58 Å². The Morgan fingerprint density at radius 2 is 2.27 bits per heavy atom. The fourth-order valence-electron chi connectivity index (χ4n) is 2.28. The Kier molecular flexibility index (Phi) is 4.11. The summed E-state index contributed by atoms with van der Waals surface area (Å²) >= 11 is 10.6. The van der Waals surface area contributed by atoms with E-state index in [0.717, 1.165) is 0 Å². The molecule has 1 aromatic carbocycles. The number of carboxylic acids is 1. The molecule has 0 spiro atoms. The Labute approximate surface area is 142 Å². The number of thioether (sulfide) groups is 1. The number of nitrogens with one attached hydrogen (secondary N) is 1. The Morgan fingerprint density at radius 3 is 2.91 bits per heavy atom. The van der Waals surface area contributed by atoms with E-state index in [1.807, 2.05) is 0 Å². The van der Waals surface area contributed by atoms with Crippen molar-refractivity contribution in [1.82, 2.24) is 5.32 Å². The number of anilines is 1. The minimum Gasteiger partial charge on any atom is -0.480 e. The average Bonchev–Trinajstić information content (AvgIpc) is 2.90. The van der Waals surface area contributed by atoms with Gasteiger partial charge in [-0.05, 0) is 28.1 Å². The quantitative estimate of drug-likeness (QED) is 0.705. The van der Waals surface area contributed by atoms with Crippen LogP contribution in [0.25, 0.3) is 11.0 Å². The number of halogens is 2. The van der Waals surface area contributed by atoms with Crippen molar-refractivity contribution in [3.05, 3.63) is 37.4 Å². The van der Waals surface area contributed by atoms with Gasteiger partial charge in [-0.2, -0.15) is 0 Å². The van der Waals surface area contributed by atoms with Crippen LogP contribution in [0, 0.1) is 0 Å². The molecule has 2 aromatic rings. The maximum Gasteiger partial charge on any atom is 0.321 e. The van der Waals surface area contributed by atoms with Gasteiger partial charge in [0.1, 0.15) is 6.04 Å². The molecule has 4 N–H and O–H groups in total. The molecule has 116 valence electrons. The Bertz CT molecular complexity index is 841. The Morgan fingerprint density at radius 1 is 1.55 bits per heavy atom. The van der Waals surface area contributed by atoms with Crippen LogP contribution in [0.15, 0.2) is 25.8 Å². The molecule has 2 atom stereocenters. The lowest BCUT2D eigenvalue weighted by Crippen LogP contribution is -2.35. The molecular formula is C13H10BrClN2O4S. The molecule has 2 unspecified atom stereocenters. The van der Waals surface area contributed by atoms with Crippen molar-refractivity contribution >= 4 is 62.1 Å². The molecule has 0 saturated carbocycles. The SMILES string of the molecule is Nc1oc2c(Br)cc(Cl)cc2c(=O)c1C1NC(C(=O)O)CS1. The summed E-state index contributed by atoms with van der Waals surface area (Å²) in [6, 6.07) is 2.38. The summed E-state index contributed by atoms with van der Waals surface area (Å²) in [7, 11) is 0. The van der Waals surface area contributed by atoms with Gasteiger partial charge < -0.3 is 15.3 Å². The summed E-state index contributed by atoms with van der Waals surface area (Å²) in [6.07, 6.45) is 0. The van der Waals surface area contributed by atoms with Gasteiger partial charge in [0, 0.05) is 10.8 Å². The molecule has 0 radical (unpaired) electrons. The maximum atomic E-state index is 12.7. The molecule has 22 heavy (non-hydrogen) atoms. The average molecular weight is 406 g/mol. The van der Waals surface area contributed by atoms with Gasteiger partial charge in [-0.3, -0.25) is 14.9 Å². The highest BCUT2D eigenvalue weighted by Crippen LogP contribution is 2.36. The molecule has 0 bridgehead atoms. The number of carbonyl (C=O) groups is 1. The third-order valence-corrected chi connectivity index (χ3v) is 5.36. The summed E-state index contributed by atoms with van der Waals surface area (Å²) in [4.78, 5) is 23.7. The van der Waals surface area contributed by atoms with E-state index >= 15 is 0 Å². The first-order chi connectivity index (χ1) is 10.4. The molecule has 1 saturated heterocycles. The molecule has 9 heteroatoms. The lowest BCUT2D eigenvalue weighted by molar-refractivity contribution is -0.138. The lowest BCUT2D eigenvalue weighted by atomic mass is 10.1. The molecule has 1 fully saturated rings. The van der Waals surface area contributed by atoms with E-state index in [-0.39, 0.29) is 16.9 Å². The Balaban J connectivity index is 2.15. The van der Waals surface area contributed by atoms with Gasteiger partial charge in [-0.1, -0.05) is 11.6 Å². The van der Waals surface area contributed by atoms with Crippen molar-refractivity contribution < 1.29 is 14.3 Å². The normalized spacial score (nSPS) is 21.4. The predicted octanol–water partition coefficient (Wildman–Crippen LogP) is 2.58. The molecular weight excluding hydrogens is 396 g/mol. The van der Waals surface area contributed by atoms with Crippen LogP contribution in [0.4, 0.5) is 5.88 Å². The number of carboxylic acid groups (broad SMARTS) is 1. The smallest absolute Gasteiger partial charge is 0.321 e. The van der Waals surface area contributed by atoms with Crippen LogP contribution < -0.4 is 16.5 Å². The van der Waals surface area contributed by atoms with E-state index < -0.39 is 17.4 Å². The largest absolute Gasteiger partial charge is 0.480 e. The summed E-state index contributed by atoms with van der Waals surface area (Å²) in [5, 5.41) is 12.0. The van der Waals surface area contributed by atoms with E-state index in [4.69, 9.17) is 26.9 Å². The molecule has 0 aliphatic carbocycles. The first-order valence-corrected chi connectivity index (χ1v) is 8.42. The van der Waals surface area contributed by atoms with Crippen molar-refractivity contribution in [2.24, 2.45) is 0 Å². The standard InChI is InChI=1S/C13H10BrClN2O4S/c14-6-2-4(15)1-5-9(18)8(11(16)21-10(5)6)12-17-7(3-22-12)13(19)20/h1-2,7,12,17H,3,16H2,(H,19,20). The first kappa shape index (κ1) is 15.7. The highest BCUT2D eigenvalue weighted by atomic mass is 79.9. The van der Waals surface area contributed by atoms with E-state index in [1.54, 1.807) is 6.07 Å². The van der Waals surface area contributed by atoms with Crippen LogP contribution in [-0.4, -0.2) is 22.9 Å². The van der Waals surface area contributed by atoms with Crippen molar-refractivity contribution in [3.63, 3.8) is 0 Å². The molecule has 3 rings (SSSR count). The number of nitrogen functional groups attached to an aromatic ring is 1. The second kappa shape index (κ2) is 5.77. The zero-order chi connectivity index (χ0) is 16.0. The Hall–Kier alpha value is -1.22. The highest BCUT2D eigenvalue weighted by Gasteiger charge is 2.34. The molecule has 6 nitrogen and oxygen atoms in total.